The van der Waals surface area contributed by atoms with E-state index in [0.717, 1.165) is 38.5 Å². The highest BCUT2D eigenvalue weighted by Gasteiger charge is 2.62. The first-order valence-electron chi connectivity index (χ1n) is 11.2. The number of benzene rings is 1. The van der Waals surface area contributed by atoms with Crippen molar-refractivity contribution in [1.82, 2.24) is 14.8 Å². The summed E-state index contributed by atoms with van der Waals surface area (Å²) in [6.45, 7) is 3.03. The molecule has 2 amide bonds. The summed E-state index contributed by atoms with van der Waals surface area (Å²) < 4.78 is 5.19. The van der Waals surface area contributed by atoms with Crippen molar-refractivity contribution in [3.63, 3.8) is 0 Å². The van der Waals surface area contributed by atoms with Crippen molar-refractivity contribution in [1.29, 1.82) is 0 Å². The molecule has 5 rings (SSSR count). The quantitative estimate of drug-likeness (QED) is 0.718. The van der Waals surface area contributed by atoms with Crippen molar-refractivity contribution in [2.75, 3.05) is 13.1 Å². The van der Waals surface area contributed by atoms with Gasteiger partial charge in [-0.1, -0.05) is 49.6 Å². The lowest BCUT2D eigenvalue weighted by Gasteiger charge is -2.61. The lowest BCUT2D eigenvalue weighted by Crippen LogP contribution is -2.67. The average Bonchev–Trinajstić information content (AvgIpc) is 3.24. The van der Waals surface area contributed by atoms with Crippen LogP contribution in [0.25, 0.3) is 0 Å². The van der Waals surface area contributed by atoms with Crippen LogP contribution in [0.5, 0.6) is 0 Å². The second-order valence-corrected chi connectivity index (χ2v) is 9.02. The summed E-state index contributed by atoms with van der Waals surface area (Å²) in [4.78, 5) is 34.3. The summed E-state index contributed by atoms with van der Waals surface area (Å²) in [5.74, 6) is 0.763. The lowest BCUT2D eigenvalue weighted by atomic mass is 9.59. The van der Waals surface area contributed by atoms with Gasteiger partial charge in [-0.05, 0) is 31.2 Å². The van der Waals surface area contributed by atoms with Gasteiger partial charge in [-0.3, -0.25) is 9.59 Å². The van der Waals surface area contributed by atoms with Gasteiger partial charge in [-0.2, -0.15) is 0 Å². The third-order valence-electron chi connectivity index (χ3n) is 7.31. The Kier molecular flexibility index (Phi) is 4.88. The summed E-state index contributed by atoms with van der Waals surface area (Å²) in [5.41, 5.74) is 1.43. The second kappa shape index (κ2) is 7.56. The molecule has 3 aliphatic rings. The maximum atomic E-state index is 13.5. The molecule has 30 heavy (non-hydrogen) atoms. The number of aryl methyl sites for hydroxylation is 1. The zero-order valence-electron chi connectivity index (χ0n) is 17.5. The molecule has 1 spiro atoms. The second-order valence-electron chi connectivity index (χ2n) is 9.02. The predicted molar refractivity (Wildman–Crippen MR) is 112 cm³/mol. The van der Waals surface area contributed by atoms with E-state index >= 15 is 0 Å². The number of amides is 2. The van der Waals surface area contributed by atoms with E-state index in [-0.39, 0.29) is 23.4 Å². The molecule has 1 saturated carbocycles. The van der Waals surface area contributed by atoms with Gasteiger partial charge in [-0.15, -0.1) is 0 Å². The number of nitrogens with zero attached hydrogens (tertiary/aromatic N) is 3. The van der Waals surface area contributed by atoms with Gasteiger partial charge in [-0.25, -0.2) is 4.98 Å². The lowest BCUT2D eigenvalue weighted by molar-refractivity contribution is -0.186. The molecule has 0 radical (unpaired) electrons. The van der Waals surface area contributed by atoms with Crippen molar-refractivity contribution < 1.29 is 14.0 Å². The topological polar surface area (TPSA) is 66.7 Å². The highest BCUT2D eigenvalue weighted by molar-refractivity contribution is 5.92. The highest BCUT2D eigenvalue weighted by atomic mass is 16.3. The Balaban J connectivity index is 1.32. The molecular weight excluding hydrogens is 378 g/mol. The van der Waals surface area contributed by atoms with Crippen LogP contribution in [0.4, 0.5) is 0 Å². The number of rotatable bonds is 3. The summed E-state index contributed by atoms with van der Waals surface area (Å²) in [5, 5.41) is 0. The molecule has 0 bridgehead atoms. The van der Waals surface area contributed by atoms with E-state index < -0.39 is 0 Å². The van der Waals surface area contributed by atoms with Gasteiger partial charge in [0, 0.05) is 26.1 Å². The smallest absolute Gasteiger partial charge is 0.275 e. The van der Waals surface area contributed by atoms with Gasteiger partial charge in [0.2, 0.25) is 5.91 Å². The Hall–Kier alpha value is -2.63. The zero-order chi connectivity index (χ0) is 20.7. The molecule has 1 aromatic carbocycles. The molecule has 2 aromatic rings. The predicted octanol–water partition coefficient (Wildman–Crippen LogP) is 4.12. The Morgan fingerprint density at radius 2 is 1.80 bits per heavy atom. The van der Waals surface area contributed by atoms with Gasteiger partial charge in [0.15, 0.2) is 11.6 Å². The first-order valence-corrected chi connectivity index (χ1v) is 11.2. The minimum absolute atomic E-state index is 0.0800. The summed E-state index contributed by atoms with van der Waals surface area (Å²) >= 11 is 0. The molecular formula is C24H29N3O3. The molecule has 0 N–H and O–H groups in total. The average molecular weight is 408 g/mol. The third kappa shape index (κ3) is 3.04. The maximum Gasteiger partial charge on any atom is 0.275 e. The molecule has 3 heterocycles. The SMILES string of the molecule is Cc1nc(C(=O)N2CCC(N3C(=O)C4(CCCCC4)C3c3ccccc3)CC2)co1. The van der Waals surface area contributed by atoms with Crippen LogP contribution in [-0.2, 0) is 4.79 Å². The Bertz CT molecular complexity index is 924. The van der Waals surface area contributed by atoms with Crippen molar-refractivity contribution in [3.8, 4) is 0 Å². The Morgan fingerprint density at radius 1 is 1.10 bits per heavy atom. The van der Waals surface area contributed by atoms with Crippen LogP contribution >= 0.6 is 0 Å². The molecule has 3 fully saturated rings. The fraction of sp³-hybridized carbons (Fsp3) is 0.542. The highest BCUT2D eigenvalue weighted by Crippen LogP contribution is 2.59. The van der Waals surface area contributed by atoms with Gasteiger partial charge >= 0.3 is 0 Å². The first kappa shape index (κ1) is 19.3. The molecule has 158 valence electrons. The normalized spacial score (nSPS) is 24.2. The number of likely N-dealkylation sites (tertiary alicyclic amines) is 2. The van der Waals surface area contributed by atoms with Gasteiger partial charge in [0.25, 0.3) is 5.91 Å². The van der Waals surface area contributed by atoms with Crippen LogP contribution < -0.4 is 0 Å². The van der Waals surface area contributed by atoms with Crippen molar-refractivity contribution in [2.24, 2.45) is 5.41 Å². The maximum absolute atomic E-state index is 13.5. The summed E-state index contributed by atoms with van der Waals surface area (Å²) in [6, 6.07) is 10.9. The molecule has 6 heteroatoms. The van der Waals surface area contributed by atoms with Gasteiger partial charge < -0.3 is 14.2 Å². The monoisotopic (exact) mass is 407 g/mol. The molecule has 1 atom stereocenters. The van der Waals surface area contributed by atoms with Crippen LogP contribution in [0, 0.1) is 12.3 Å². The number of oxazole rings is 1. The Morgan fingerprint density at radius 3 is 2.43 bits per heavy atom. The summed E-state index contributed by atoms with van der Waals surface area (Å²) in [6.07, 6.45) is 8.59. The molecule has 1 aromatic heterocycles. The molecule has 2 saturated heterocycles. The van der Waals surface area contributed by atoms with E-state index in [2.05, 4.69) is 34.1 Å². The number of carbonyl (C=O) groups is 2. The van der Waals surface area contributed by atoms with Crippen molar-refractivity contribution in [2.45, 2.75) is 64.0 Å². The number of β-lactam (4-membered cyclic amide) rings is 1. The van der Waals surface area contributed by atoms with E-state index in [9.17, 15) is 9.59 Å². The molecule has 1 aliphatic carbocycles. The number of aromatic nitrogens is 1. The Labute approximate surface area is 177 Å². The first-order chi connectivity index (χ1) is 14.6. The van der Waals surface area contributed by atoms with Crippen molar-refractivity contribution >= 4 is 11.8 Å². The zero-order valence-corrected chi connectivity index (χ0v) is 17.5. The van der Waals surface area contributed by atoms with Crippen LogP contribution in [0.15, 0.2) is 41.0 Å². The summed E-state index contributed by atoms with van der Waals surface area (Å²) in [7, 11) is 0. The van der Waals surface area contributed by atoms with E-state index in [4.69, 9.17) is 4.42 Å². The molecule has 6 nitrogen and oxygen atoms in total. The number of carbonyl (C=O) groups excluding carboxylic acids is 2. The fourth-order valence-electron chi connectivity index (χ4n) is 5.82. The van der Waals surface area contributed by atoms with Crippen LogP contribution in [0.1, 0.15) is 72.9 Å². The third-order valence-corrected chi connectivity index (χ3v) is 7.31. The molecule has 1 unspecified atom stereocenters. The molecule has 2 aliphatic heterocycles. The number of hydrogen-bond acceptors (Lipinski definition) is 4. The number of hydrogen-bond donors (Lipinski definition) is 0. The van der Waals surface area contributed by atoms with E-state index in [0.29, 0.717) is 30.6 Å². The van der Waals surface area contributed by atoms with E-state index in [1.54, 1.807) is 6.92 Å². The van der Waals surface area contributed by atoms with Crippen molar-refractivity contribution in [3.05, 3.63) is 53.7 Å². The largest absolute Gasteiger partial charge is 0.448 e. The minimum atomic E-state index is -0.204. The van der Waals surface area contributed by atoms with Crippen LogP contribution in [-0.4, -0.2) is 45.7 Å². The van der Waals surface area contributed by atoms with E-state index in [1.165, 1.54) is 18.2 Å². The van der Waals surface area contributed by atoms with Crippen LogP contribution in [0.2, 0.25) is 0 Å². The van der Waals surface area contributed by atoms with E-state index in [1.807, 2.05) is 11.0 Å². The van der Waals surface area contributed by atoms with Gasteiger partial charge in [0.05, 0.1) is 11.5 Å². The number of piperidine rings is 1. The van der Waals surface area contributed by atoms with Crippen LogP contribution in [0.3, 0.4) is 0 Å². The fourth-order valence-corrected chi connectivity index (χ4v) is 5.82. The minimum Gasteiger partial charge on any atom is -0.448 e. The standard InChI is InChI=1S/C24H29N3O3/c1-17-25-20(16-30-17)22(28)26-14-10-19(11-15-26)27-21(18-8-4-2-5-9-18)24(23(27)29)12-6-3-7-13-24/h2,4-5,8-9,16,19,21H,3,6-7,10-15H2,1H3. The van der Waals surface area contributed by atoms with Gasteiger partial charge in [0.1, 0.15) is 6.26 Å².